The summed E-state index contributed by atoms with van der Waals surface area (Å²) >= 11 is 0. The van der Waals surface area contributed by atoms with Crippen molar-refractivity contribution in [1.82, 2.24) is 10.2 Å². The van der Waals surface area contributed by atoms with Crippen molar-refractivity contribution in [2.45, 2.75) is 18.4 Å². The first-order chi connectivity index (χ1) is 20.0. The Morgan fingerprint density at radius 2 is 1.64 bits per heavy atom. The number of nitrogens with one attached hydrogen (secondary N) is 3. The van der Waals surface area contributed by atoms with Crippen LogP contribution < -0.4 is 20.5 Å². The Morgan fingerprint density at radius 1 is 0.952 bits per heavy atom. The van der Waals surface area contributed by atoms with Crippen LogP contribution in [0.2, 0.25) is 0 Å². The van der Waals surface area contributed by atoms with Gasteiger partial charge in [-0.1, -0.05) is 48.5 Å². The number of primary sulfonamides is 1. The van der Waals surface area contributed by atoms with Gasteiger partial charge in [-0.2, -0.15) is 0 Å². The molecule has 10 nitrogen and oxygen atoms in total. The van der Waals surface area contributed by atoms with Crippen molar-refractivity contribution in [3.05, 3.63) is 114 Å². The Balaban J connectivity index is 1.38. The second-order valence-corrected chi connectivity index (χ2v) is 10.6. The van der Waals surface area contributed by atoms with E-state index in [9.17, 15) is 22.4 Å². The van der Waals surface area contributed by atoms with E-state index in [1.54, 1.807) is 71.6 Å². The second-order valence-electron chi connectivity index (χ2n) is 9.11. The number of hydrogen-bond acceptors (Lipinski definition) is 6. The summed E-state index contributed by atoms with van der Waals surface area (Å²) in [4.78, 5) is 26.7. The fourth-order valence-electron chi connectivity index (χ4n) is 4.07. The van der Waals surface area contributed by atoms with Gasteiger partial charge in [-0.25, -0.2) is 27.5 Å². The zero-order chi connectivity index (χ0) is 30.3. The van der Waals surface area contributed by atoms with Crippen LogP contribution in [-0.4, -0.2) is 37.8 Å². The van der Waals surface area contributed by atoms with Crippen molar-refractivity contribution in [2.75, 3.05) is 11.9 Å². The molecule has 0 radical (unpaired) electrons. The predicted octanol–water partition coefficient (Wildman–Crippen LogP) is 5.31. The molecule has 0 bridgehead atoms. The summed E-state index contributed by atoms with van der Waals surface area (Å²) in [6.07, 6.45) is -0.897. The number of amides is 3. The van der Waals surface area contributed by atoms with Crippen LogP contribution in [0.1, 0.15) is 18.1 Å². The van der Waals surface area contributed by atoms with Gasteiger partial charge in [-0.15, -0.1) is 0 Å². The zero-order valence-corrected chi connectivity index (χ0v) is 23.3. The van der Waals surface area contributed by atoms with Gasteiger partial charge in [0.2, 0.25) is 10.0 Å². The van der Waals surface area contributed by atoms with Crippen LogP contribution in [0.5, 0.6) is 5.75 Å². The number of amidine groups is 1. The van der Waals surface area contributed by atoms with Crippen LogP contribution in [0.3, 0.4) is 0 Å². The van der Waals surface area contributed by atoms with Gasteiger partial charge in [0.1, 0.15) is 17.4 Å². The Bertz CT molecular complexity index is 1710. The van der Waals surface area contributed by atoms with Gasteiger partial charge in [0.15, 0.2) is 0 Å². The first-order valence-electron chi connectivity index (χ1n) is 12.7. The molecule has 4 aromatic carbocycles. The number of nitrogens with two attached hydrogens (primary N) is 1. The SMILES string of the molecule is CCN(Cc1cccc(C(=N)NC(=O)Oc2ccc(F)cc2)c1)C(=O)Nc1ccc(-c2ccccc2S(N)(=O)=O)cc1. The summed E-state index contributed by atoms with van der Waals surface area (Å²) in [5.41, 5.74) is 2.71. The molecule has 0 unspecified atom stereocenters. The third-order valence-electron chi connectivity index (χ3n) is 6.15. The minimum Gasteiger partial charge on any atom is -0.410 e. The van der Waals surface area contributed by atoms with Gasteiger partial charge in [-0.05, 0) is 66.6 Å². The first kappa shape index (κ1) is 29.9. The summed E-state index contributed by atoms with van der Waals surface area (Å²) in [5.74, 6) is -0.549. The zero-order valence-electron chi connectivity index (χ0n) is 22.5. The van der Waals surface area contributed by atoms with Crippen molar-refractivity contribution in [1.29, 1.82) is 5.41 Å². The van der Waals surface area contributed by atoms with Gasteiger partial charge in [0, 0.05) is 29.9 Å². The summed E-state index contributed by atoms with van der Waals surface area (Å²) in [6.45, 7) is 2.44. The van der Waals surface area contributed by atoms with Gasteiger partial charge >= 0.3 is 12.1 Å². The molecule has 0 aliphatic rings. The minimum absolute atomic E-state index is 0.00854. The van der Waals surface area contributed by atoms with E-state index in [0.717, 1.165) is 17.7 Å². The molecular formula is C30H28FN5O5S. The van der Waals surface area contributed by atoms with E-state index < -0.39 is 21.9 Å². The molecule has 12 heteroatoms. The smallest absolute Gasteiger partial charge is 0.410 e. The quantitative estimate of drug-likeness (QED) is 0.162. The first-order valence-corrected chi connectivity index (χ1v) is 14.3. The van der Waals surface area contributed by atoms with Crippen LogP contribution >= 0.6 is 0 Å². The van der Waals surface area contributed by atoms with Crippen LogP contribution in [0.15, 0.2) is 102 Å². The van der Waals surface area contributed by atoms with Crippen LogP contribution in [0.4, 0.5) is 19.7 Å². The lowest BCUT2D eigenvalue weighted by atomic mass is 10.1. The molecule has 0 spiro atoms. The summed E-state index contributed by atoms with van der Waals surface area (Å²) in [5, 5.41) is 18.7. The van der Waals surface area contributed by atoms with E-state index in [0.29, 0.717) is 28.9 Å². The lowest BCUT2D eigenvalue weighted by Gasteiger charge is -2.22. The molecule has 0 aliphatic heterocycles. The number of sulfonamides is 1. The lowest BCUT2D eigenvalue weighted by Crippen LogP contribution is -2.35. The Hall–Kier alpha value is -5.07. The van der Waals surface area contributed by atoms with Gasteiger partial charge < -0.3 is 15.0 Å². The maximum absolute atomic E-state index is 13.0. The summed E-state index contributed by atoms with van der Waals surface area (Å²) in [6, 6.07) is 24.5. The molecule has 0 atom stereocenters. The van der Waals surface area contributed by atoms with E-state index in [4.69, 9.17) is 15.3 Å². The number of hydrogen-bond donors (Lipinski definition) is 4. The number of nitrogens with zero attached hydrogens (tertiary/aromatic N) is 1. The topological polar surface area (TPSA) is 155 Å². The maximum Gasteiger partial charge on any atom is 0.418 e. The van der Waals surface area contributed by atoms with Crippen molar-refractivity contribution in [2.24, 2.45) is 5.14 Å². The Kier molecular flexibility index (Phi) is 9.30. The highest BCUT2D eigenvalue weighted by molar-refractivity contribution is 7.89. The van der Waals surface area contributed by atoms with Crippen molar-refractivity contribution in [3.8, 4) is 16.9 Å². The van der Waals surface area contributed by atoms with Crippen molar-refractivity contribution < 1.29 is 27.1 Å². The molecule has 3 amide bonds. The lowest BCUT2D eigenvalue weighted by molar-refractivity contribution is 0.206. The summed E-state index contributed by atoms with van der Waals surface area (Å²) < 4.78 is 42.0. The molecule has 216 valence electrons. The molecule has 0 fully saturated rings. The van der Waals surface area contributed by atoms with E-state index in [1.807, 2.05) is 6.92 Å². The van der Waals surface area contributed by atoms with E-state index in [-0.39, 0.29) is 29.1 Å². The number of anilines is 1. The number of halogens is 1. The molecule has 0 aliphatic carbocycles. The number of ether oxygens (including phenoxy) is 1. The van der Waals surface area contributed by atoms with E-state index >= 15 is 0 Å². The van der Waals surface area contributed by atoms with E-state index in [1.165, 1.54) is 18.2 Å². The van der Waals surface area contributed by atoms with Crippen LogP contribution in [0.25, 0.3) is 11.1 Å². The van der Waals surface area contributed by atoms with Gasteiger partial charge in [-0.3, -0.25) is 10.7 Å². The normalized spacial score (nSPS) is 10.9. The molecule has 0 heterocycles. The molecule has 42 heavy (non-hydrogen) atoms. The third-order valence-corrected chi connectivity index (χ3v) is 7.12. The largest absolute Gasteiger partial charge is 0.418 e. The van der Waals surface area contributed by atoms with Gasteiger partial charge in [0.05, 0.1) is 4.90 Å². The van der Waals surface area contributed by atoms with E-state index in [2.05, 4.69) is 10.6 Å². The second kappa shape index (κ2) is 13.1. The highest BCUT2D eigenvalue weighted by Crippen LogP contribution is 2.27. The highest BCUT2D eigenvalue weighted by atomic mass is 32.2. The van der Waals surface area contributed by atoms with Crippen molar-refractivity contribution in [3.63, 3.8) is 0 Å². The molecule has 5 N–H and O–H groups in total. The van der Waals surface area contributed by atoms with Crippen LogP contribution in [-0.2, 0) is 16.6 Å². The van der Waals surface area contributed by atoms with Crippen molar-refractivity contribution >= 4 is 33.7 Å². The number of carbonyl (C=O) groups excluding carboxylic acids is 2. The molecule has 4 aromatic rings. The monoisotopic (exact) mass is 589 g/mol. The fourth-order valence-corrected chi connectivity index (χ4v) is 4.83. The number of urea groups is 1. The Morgan fingerprint density at radius 3 is 2.31 bits per heavy atom. The molecular weight excluding hydrogens is 561 g/mol. The minimum atomic E-state index is -3.91. The van der Waals surface area contributed by atoms with Crippen LogP contribution in [0, 0.1) is 11.2 Å². The summed E-state index contributed by atoms with van der Waals surface area (Å²) in [7, 11) is -3.91. The number of benzene rings is 4. The average Bonchev–Trinajstić information content (AvgIpc) is 2.97. The molecule has 4 rings (SSSR count). The molecule has 0 aromatic heterocycles. The maximum atomic E-state index is 13.0. The molecule has 0 saturated heterocycles. The standard InChI is InChI=1S/C30H28FN5O5S/c1-2-36(29(37)34-24-14-10-21(11-15-24)26-8-3-4-9-27(26)42(33,39)40)19-20-6-5-7-22(18-20)28(32)35-30(38)41-25-16-12-23(31)13-17-25/h3-18H,2,19H2,1H3,(H,34,37)(H2,32,35,38)(H2,33,39,40). The molecule has 0 saturated carbocycles. The predicted molar refractivity (Wildman–Crippen MR) is 157 cm³/mol. The number of rotatable bonds is 8. The highest BCUT2D eigenvalue weighted by Gasteiger charge is 2.17. The fraction of sp³-hybridized carbons (Fsp3) is 0.100. The Labute approximate surface area is 242 Å². The third kappa shape index (κ3) is 7.77. The van der Waals surface area contributed by atoms with Gasteiger partial charge in [0.25, 0.3) is 0 Å². The number of carbonyl (C=O) groups is 2. The average molecular weight is 590 g/mol.